The summed E-state index contributed by atoms with van der Waals surface area (Å²) in [6.07, 6.45) is 2.26. The van der Waals surface area contributed by atoms with Gasteiger partial charge < -0.3 is 14.8 Å². The first kappa shape index (κ1) is 31.4. The van der Waals surface area contributed by atoms with Gasteiger partial charge in [-0.2, -0.15) is 4.90 Å². The van der Waals surface area contributed by atoms with Crippen LogP contribution in [-0.4, -0.2) is 33.4 Å². The maximum Gasteiger partial charge on any atom is 0.425 e. The van der Waals surface area contributed by atoms with Crippen molar-refractivity contribution >= 4 is 29.4 Å². The van der Waals surface area contributed by atoms with Crippen LogP contribution in [0, 0.1) is 18.6 Å². The molecule has 8 nitrogen and oxygen atoms in total. The minimum atomic E-state index is -1.12. The Morgan fingerprint density at radius 3 is 2.07 bits per heavy atom. The molecular weight excluding hydrogens is 530 g/mol. The predicted octanol–water partition coefficient (Wildman–Crippen LogP) is 8.20. The Kier molecular flexibility index (Phi) is 9.36. The summed E-state index contributed by atoms with van der Waals surface area (Å²) in [5.74, 6) is -1.64. The minimum Gasteiger partial charge on any atom is -0.443 e. The van der Waals surface area contributed by atoms with Crippen LogP contribution in [0.15, 0.2) is 42.9 Å². The average molecular weight is 569 g/mol. The number of imide groups is 1. The minimum absolute atomic E-state index is 0.0565. The molecule has 0 spiro atoms. The summed E-state index contributed by atoms with van der Waals surface area (Å²) in [6, 6.07) is 6.48. The van der Waals surface area contributed by atoms with Crippen molar-refractivity contribution in [2.75, 3.05) is 10.2 Å². The summed E-state index contributed by atoms with van der Waals surface area (Å²) < 4.78 is 41.4. The molecule has 3 rings (SSSR count). The molecule has 0 fully saturated rings. The first-order chi connectivity index (χ1) is 19.0. The molecule has 2 amide bonds. The maximum absolute atomic E-state index is 15.9. The highest BCUT2D eigenvalue weighted by Crippen LogP contribution is 2.30. The van der Waals surface area contributed by atoms with Gasteiger partial charge in [-0.05, 0) is 94.8 Å². The van der Waals surface area contributed by atoms with Crippen molar-refractivity contribution in [1.82, 2.24) is 9.97 Å². The molecular formula is C31H38F2N4O4. The number of pyridine rings is 2. The Balaban J connectivity index is 1.96. The van der Waals surface area contributed by atoms with Gasteiger partial charge in [-0.25, -0.2) is 23.4 Å². The largest absolute Gasteiger partial charge is 0.443 e. The molecule has 0 radical (unpaired) electrons. The van der Waals surface area contributed by atoms with E-state index in [1.54, 1.807) is 60.0 Å². The van der Waals surface area contributed by atoms with E-state index in [0.717, 1.165) is 11.1 Å². The average Bonchev–Trinajstić information content (AvgIpc) is 2.82. The molecule has 41 heavy (non-hydrogen) atoms. The monoisotopic (exact) mass is 568 g/mol. The molecule has 2 heterocycles. The van der Waals surface area contributed by atoms with Crippen LogP contribution in [0.3, 0.4) is 0 Å². The lowest BCUT2D eigenvalue weighted by atomic mass is 10.0. The smallest absolute Gasteiger partial charge is 0.425 e. The van der Waals surface area contributed by atoms with Crippen LogP contribution in [0.1, 0.15) is 83.6 Å². The Labute approximate surface area is 240 Å². The fourth-order valence-electron chi connectivity index (χ4n) is 3.84. The number of carbonyl (C=O) groups is 2. The number of amides is 2. The lowest BCUT2D eigenvalue weighted by Crippen LogP contribution is -2.44. The predicted molar refractivity (Wildman–Crippen MR) is 155 cm³/mol. The summed E-state index contributed by atoms with van der Waals surface area (Å²) in [5.41, 5.74) is 1.32. The van der Waals surface area contributed by atoms with E-state index in [0.29, 0.717) is 21.8 Å². The number of nitrogens with zero attached hydrogens (tertiary/aromatic N) is 3. The van der Waals surface area contributed by atoms with E-state index in [9.17, 15) is 14.0 Å². The summed E-state index contributed by atoms with van der Waals surface area (Å²) in [6.45, 7) is 15.5. The van der Waals surface area contributed by atoms with Gasteiger partial charge in [0.1, 0.15) is 17.0 Å². The fraction of sp³-hybridized carbons (Fsp3) is 0.419. The molecule has 10 heteroatoms. The maximum atomic E-state index is 15.9. The van der Waals surface area contributed by atoms with Gasteiger partial charge in [0.2, 0.25) is 0 Å². The van der Waals surface area contributed by atoms with Gasteiger partial charge in [-0.3, -0.25) is 4.98 Å². The Hall–Kier alpha value is -4.08. The van der Waals surface area contributed by atoms with E-state index in [-0.39, 0.29) is 17.9 Å². The van der Waals surface area contributed by atoms with Gasteiger partial charge in [0.15, 0.2) is 11.6 Å². The molecule has 2 aromatic heterocycles. The van der Waals surface area contributed by atoms with E-state index in [1.807, 2.05) is 26.8 Å². The van der Waals surface area contributed by atoms with Gasteiger partial charge in [0.05, 0.1) is 17.6 Å². The summed E-state index contributed by atoms with van der Waals surface area (Å²) in [4.78, 5) is 34.7. The highest BCUT2D eigenvalue weighted by atomic mass is 19.1. The van der Waals surface area contributed by atoms with Crippen LogP contribution < -0.4 is 10.2 Å². The number of halogens is 2. The van der Waals surface area contributed by atoms with Gasteiger partial charge >= 0.3 is 12.2 Å². The number of aromatic nitrogens is 2. The second kappa shape index (κ2) is 12.2. The van der Waals surface area contributed by atoms with Crippen LogP contribution in [0.2, 0.25) is 0 Å². The summed E-state index contributed by atoms with van der Waals surface area (Å²) in [5, 5.41) is 3.08. The Bertz CT molecular complexity index is 1400. The third-order valence-electron chi connectivity index (χ3n) is 5.94. The first-order valence-electron chi connectivity index (χ1n) is 13.4. The number of benzene rings is 1. The molecule has 0 aliphatic heterocycles. The molecule has 0 unspecified atom stereocenters. The van der Waals surface area contributed by atoms with Crippen molar-refractivity contribution in [3.8, 4) is 0 Å². The highest BCUT2D eigenvalue weighted by Gasteiger charge is 2.36. The first-order valence-corrected chi connectivity index (χ1v) is 13.4. The third-order valence-corrected chi connectivity index (χ3v) is 5.94. The van der Waals surface area contributed by atoms with Crippen LogP contribution in [0.25, 0.3) is 0 Å². The van der Waals surface area contributed by atoms with Crippen LogP contribution in [0.4, 0.5) is 35.6 Å². The number of nitrogens with one attached hydrogen (secondary N) is 1. The second-order valence-corrected chi connectivity index (χ2v) is 12.1. The molecule has 0 atom stereocenters. The van der Waals surface area contributed by atoms with Gasteiger partial charge in [-0.15, -0.1) is 0 Å². The molecule has 1 aromatic carbocycles. The number of carbonyl (C=O) groups excluding carboxylic acids is 2. The lowest BCUT2D eigenvalue weighted by molar-refractivity contribution is 0.0427. The molecule has 1 N–H and O–H groups in total. The van der Waals surface area contributed by atoms with Crippen molar-refractivity contribution in [3.63, 3.8) is 0 Å². The van der Waals surface area contributed by atoms with Crippen molar-refractivity contribution in [2.45, 2.75) is 85.9 Å². The van der Waals surface area contributed by atoms with Crippen molar-refractivity contribution in [2.24, 2.45) is 0 Å². The van der Waals surface area contributed by atoms with E-state index >= 15 is 4.39 Å². The highest BCUT2D eigenvalue weighted by molar-refractivity contribution is 6.08. The van der Waals surface area contributed by atoms with E-state index < -0.39 is 40.8 Å². The SMILES string of the molecule is Cc1c(Cc2ccnc(N(C(=O)OC(C)(C)C)C(=O)OC(C)(C)C)c2F)cncc1Nc1ccc(C(C)C)cc1F. The molecule has 0 bridgehead atoms. The summed E-state index contributed by atoms with van der Waals surface area (Å²) >= 11 is 0. The van der Waals surface area contributed by atoms with Crippen LogP contribution in [0.5, 0.6) is 0 Å². The van der Waals surface area contributed by atoms with E-state index in [4.69, 9.17) is 9.47 Å². The fourth-order valence-corrected chi connectivity index (χ4v) is 3.84. The quantitative estimate of drug-likeness (QED) is 0.320. The lowest BCUT2D eigenvalue weighted by Gasteiger charge is -2.28. The molecule has 0 aliphatic carbocycles. The number of rotatable bonds is 6. The molecule has 0 aliphatic rings. The van der Waals surface area contributed by atoms with Crippen molar-refractivity contribution in [3.05, 3.63) is 76.7 Å². The van der Waals surface area contributed by atoms with Gasteiger partial charge in [0, 0.05) is 18.8 Å². The number of ether oxygens (including phenoxy) is 2. The van der Waals surface area contributed by atoms with Crippen LogP contribution in [-0.2, 0) is 15.9 Å². The third kappa shape index (κ3) is 8.22. The molecule has 220 valence electrons. The van der Waals surface area contributed by atoms with E-state index in [1.165, 1.54) is 18.3 Å². The number of anilines is 3. The number of hydrogen-bond donors (Lipinski definition) is 1. The van der Waals surface area contributed by atoms with Gasteiger partial charge in [-0.1, -0.05) is 19.9 Å². The van der Waals surface area contributed by atoms with Gasteiger partial charge in [0.25, 0.3) is 0 Å². The Morgan fingerprint density at radius 2 is 1.54 bits per heavy atom. The standard InChI is InChI=1S/C31H38F2N4O4/c1-18(2)20-10-11-24(23(32)15-20)36-25-17-34-16-22(19(25)3)14-21-12-13-35-27(26(21)33)37(28(38)40-30(4,5)6)29(39)41-31(7,8)9/h10-13,15-18,36H,14H2,1-9H3. The zero-order valence-corrected chi connectivity index (χ0v) is 25.1. The number of hydrogen-bond acceptors (Lipinski definition) is 7. The van der Waals surface area contributed by atoms with Crippen molar-refractivity contribution < 1.29 is 27.8 Å². The molecule has 0 saturated heterocycles. The molecule has 0 saturated carbocycles. The second-order valence-electron chi connectivity index (χ2n) is 12.1. The zero-order chi connectivity index (χ0) is 30.7. The van der Waals surface area contributed by atoms with E-state index in [2.05, 4.69) is 15.3 Å². The summed E-state index contributed by atoms with van der Waals surface area (Å²) in [7, 11) is 0. The topological polar surface area (TPSA) is 93.7 Å². The molecule has 3 aromatic rings. The normalized spacial score (nSPS) is 11.8. The van der Waals surface area contributed by atoms with Crippen LogP contribution >= 0.6 is 0 Å². The zero-order valence-electron chi connectivity index (χ0n) is 25.1. The van der Waals surface area contributed by atoms with Crippen molar-refractivity contribution in [1.29, 1.82) is 0 Å². The Morgan fingerprint density at radius 1 is 0.927 bits per heavy atom.